The molecule has 0 aromatic heterocycles. The van der Waals surface area contributed by atoms with Gasteiger partial charge in [0.25, 0.3) is 0 Å². The average Bonchev–Trinajstić information content (AvgIpc) is 3.38. The van der Waals surface area contributed by atoms with Gasteiger partial charge in [-0.15, -0.1) is 0 Å². The van der Waals surface area contributed by atoms with Crippen molar-refractivity contribution in [1.29, 1.82) is 0 Å². The topological polar surface area (TPSA) is 69.2 Å². The highest BCUT2D eigenvalue weighted by molar-refractivity contribution is 6.03. The molecule has 3 aliphatic rings. The van der Waals surface area contributed by atoms with Crippen molar-refractivity contribution in [3.8, 4) is 5.75 Å². The number of ether oxygens (including phenoxy) is 2. The molecule has 6 nitrogen and oxygen atoms in total. The van der Waals surface area contributed by atoms with Gasteiger partial charge in [0.1, 0.15) is 11.9 Å². The molecule has 1 saturated carbocycles. The first-order chi connectivity index (χ1) is 12.7. The number of nitrogens with zero attached hydrogens (tertiary/aromatic N) is 1. The highest BCUT2D eigenvalue weighted by Crippen LogP contribution is 2.40. The summed E-state index contributed by atoms with van der Waals surface area (Å²) in [7, 11) is 1.66. The van der Waals surface area contributed by atoms with Gasteiger partial charge in [-0.05, 0) is 37.8 Å². The van der Waals surface area contributed by atoms with E-state index in [0.29, 0.717) is 32.1 Å². The second kappa shape index (κ2) is 7.27. The van der Waals surface area contributed by atoms with E-state index in [9.17, 15) is 4.79 Å². The van der Waals surface area contributed by atoms with E-state index in [1.807, 2.05) is 24.3 Å². The monoisotopic (exact) mass is 358 g/mol. The Morgan fingerprint density at radius 3 is 2.81 bits per heavy atom. The van der Waals surface area contributed by atoms with E-state index < -0.39 is 5.41 Å². The lowest BCUT2D eigenvalue weighted by Crippen LogP contribution is -2.47. The number of rotatable bonds is 6. The molecule has 1 aromatic carbocycles. The smallest absolute Gasteiger partial charge is 0.226 e. The lowest BCUT2D eigenvalue weighted by molar-refractivity contribution is -0.140. The molecular weight excluding hydrogens is 332 g/mol. The van der Waals surface area contributed by atoms with Crippen molar-refractivity contribution >= 4 is 11.6 Å². The van der Waals surface area contributed by atoms with Crippen LogP contribution < -0.4 is 10.1 Å². The fourth-order valence-electron chi connectivity index (χ4n) is 3.87. The number of para-hydroxylation sites is 1. The Kier molecular flexibility index (Phi) is 4.85. The van der Waals surface area contributed by atoms with E-state index in [4.69, 9.17) is 14.3 Å². The van der Waals surface area contributed by atoms with E-state index in [2.05, 4.69) is 10.5 Å². The molecule has 1 aliphatic carbocycles. The maximum atomic E-state index is 12.9. The molecule has 2 aliphatic heterocycles. The van der Waals surface area contributed by atoms with Crippen LogP contribution in [0, 0.1) is 5.41 Å². The van der Waals surface area contributed by atoms with Gasteiger partial charge in [-0.3, -0.25) is 4.79 Å². The number of carbonyl (C=O) groups excluding carboxylic acids is 1. The number of hydrogen-bond donors (Lipinski definition) is 1. The van der Waals surface area contributed by atoms with E-state index >= 15 is 0 Å². The number of nitrogens with one attached hydrogen (secondary N) is 1. The van der Waals surface area contributed by atoms with Crippen LogP contribution in [0.1, 0.15) is 44.1 Å². The third-order valence-electron chi connectivity index (χ3n) is 5.61. The van der Waals surface area contributed by atoms with Crippen molar-refractivity contribution in [2.75, 3.05) is 20.3 Å². The van der Waals surface area contributed by atoms with Crippen LogP contribution in [0.2, 0.25) is 0 Å². The lowest BCUT2D eigenvalue weighted by atomic mass is 9.74. The predicted octanol–water partition coefficient (Wildman–Crippen LogP) is 2.65. The van der Waals surface area contributed by atoms with Gasteiger partial charge >= 0.3 is 0 Å². The van der Waals surface area contributed by atoms with Crippen molar-refractivity contribution in [3.05, 3.63) is 29.8 Å². The lowest BCUT2D eigenvalue weighted by Gasteiger charge is -2.37. The van der Waals surface area contributed by atoms with E-state index in [-0.39, 0.29) is 12.0 Å². The van der Waals surface area contributed by atoms with E-state index in [1.54, 1.807) is 7.11 Å². The minimum absolute atomic E-state index is 0.0852. The number of hydrogen-bond acceptors (Lipinski definition) is 5. The Labute approximate surface area is 153 Å². The van der Waals surface area contributed by atoms with Gasteiger partial charge in [-0.1, -0.05) is 17.3 Å². The zero-order valence-electron chi connectivity index (χ0n) is 15.2. The summed E-state index contributed by atoms with van der Waals surface area (Å²) >= 11 is 0. The highest BCUT2D eigenvalue weighted by atomic mass is 16.6. The first-order valence-corrected chi connectivity index (χ1v) is 9.45. The molecule has 2 heterocycles. The predicted molar refractivity (Wildman–Crippen MR) is 97.3 cm³/mol. The second-order valence-corrected chi connectivity index (χ2v) is 7.51. The summed E-state index contributed by atoms with van der Waals surface area (Å²) in [6.07, 6.45) is 4.97. The summed E-state index contributed by atoms with van der Waals surface area (Å²) in [5.41, 5.74) is 1.44. The fourth-order valence-corrected chi connectivity index (χ4v) is 3.87. The summed E-state index contributed by atoms with van der Waals surface area (Å²) < 4.78 is 10.9. The minimum Gasteiger partial charge on any atom is -0.496 e. The first-order valence-electron chi connectivity index (χ1n) is 9.45. The zero-order valence-corrected chi connectivity index (χ0v) is 15.2. The summed E-state index contributed by atoms with van der Waals surface area (Å²) in [5, 5.41) is 7.49. The molecule has 26 heavy (non-hydrogen) atoms. The van der Waals surface area contributed by atoms with Crippen LogP contribution in [-0.2, 0) is 14.4 Å². The van der Waals surface area contributed by atoms with E-state index in [1.165, 1.54) is 0 Å². The van der Waals surface area contributed by atoms with Gasteiger partial charge in [0, 0.05) is 37.7 Å². The van der Waals surface area contributed by atoms with Gasteiger partial charge in [-0.2, -0.15) is 0 Å². The van der Waals surface area contributed by atoms with Crippen LogP contribution in [0.25, 0.3) is 0 Å². The molecule has 0 radical (unpaired) electrons. The Balaban J connectivity index is 1.45. The molecule has 1 N–H and O–H groups in total. The Hall–Kier alpha value is -2.08. The molecular formula is C20H26N2O4. The normalized spacial score (nSPS) is 24.5. The molecule has 1 amide bonds. The molecule has 1 aromatic rings. The van der Waals surface area contributed by atoms with Crippen molar-refractivity contribution in [2.24, 2.45) is 10.6 Å². The summed E-state index contributed by atoms with van der Waals surface area (Å²) in [6, 6.07) is 8.19. The maximum absolute atomic E-state index is 12.9. The standard InChI is InChI=1S/C20H26N2O4/c1-24-18-5-3-2-4-16(18)17-12-15(26-22-17)13-20(8-10-25-11-9-20)19(23)21-14-6-7-14/h2-5,14-15H,6-13H2,1H3,(H,21,23)/t15-/m1/s1. The van der Waals surface area contributed by atoms with Crippen LogP contribution in [-0.4, -0.2) is 44.1 Å². The third-order valence-corrected chi connectivity index (χ3v) is 5.61. The Bertz CT molecular complexity index is 693. The molecule has 1 atom stereocenters. The van der Waals surface area contributed by atoms with Crippen molar-refractivity contribution < 1.29 is 19.1 Å². The largest absolute Gasteiger partial charge is 0.496 e. The van der Waals surface area contributed by atoms with Gasteiger partial charge in [-0.25, -0.2) is 0 Å². The fraction of sp³-hybridized carbons (Fsp3) is 0.600. The number of amides is 1. The molecule has 0 unspecified atom stereocenters. The van der Waals surface area contributed by atoms with Crippen LogP contribution >= 0.6 is 0 Å². The molecule has 1 saturated heterocycles. The van der Waals surface area contributed by atoms with Gasteiger partial charge in [0.05, 0.1) is 18.2 Å². The second-order valence-electron chi connectivity index (χ2n) is 7.51. The van der Waals surface area contributed by atoms with E-state index in [0.717, 1.165) is 42.7 Å². The van der Waals surface area contributed by atoms with Crippen molar-refractivity contribution in [2.45, 2.75) is 50.7 Å². The van der Waals surface area contributed by atoms with Crippen molar-refractivity contribution in [1.82, 2.24) is 5.32 Å². The van der Waals surface area contributed by atoms with Crippen LogP contribution in [0.5, 0.6) is 5.75 Å². The quantitative estimate of drug-likeness (QED) is 0.849. The highest BCUT2D eigenvalue weighted by Gasteiger charge is 2.45. The number of oxime groups is 1. The first kappa shape index (κ1) is 17.3. The van der Waals surface area contributed by atoms with Crippen LogP contribution in [0.15, 0.2) is 29.4 Å². The molecule has 6 heteroatoms. The number of methoxy groups -OCH3 is 1. The summed E-state index contributed by atoms with van der Waals surface area (Å²) in [5.74, 6) is 0.959. The SMILES string of the molecule is COc1ccccc1C1=NO[C@@H](CC2(C(=O)NC3CC3)CCOCC2)C1. The third kappa shape index (κ3) is 3.56. The summed E-state index contributed by atoms with van der Waals surface area (Å²) in [6.45, 7) is 1.26. The van der Waals surface area contributed by atoms with Gasteiger partial charge < -0.3 is 19.6 Å². The summed E-state index contributed by atoms with van der Waals surface area (Å²) in [4.78, 5) is 18.7. The van der Waals surface area contributed by atoms with Crippen molar-refractivity contribution in [3.63, 3.8) is 0 Å². The van der Waals surface area contributed by atoms with Crippen LogP contribution in [0.4, 0.5) is 0 Å². The molecule has 140 valence electrons. The Morgan fingerprint density at radius 1 is 1.31 bits per heavy atom. The molecule has 0 spiro atoms. The number of carbonyl (C=O) groups is 1. The minimum atomic E-state index is -0.406. The zero-order chi connectivity index (χ0) is 18.0. The Morgan fingerprint density at radius 2 is 2.08 bits per heavy atom. The molecule has 2 fully saturated rings. The van der Waals surface area contributed by atoms with Gasteiger partial charge in [0.2, 0.25) is 5.91 Å². The molecule has 4 rings (SSSR count). The molecule has 0 bridgehead atoms. The van der Waals surface area contributed by atoms with Crippen LogP contribution in [0.3, 0.4) is 0 Å². The van der Waals surface area contributed by atoms with Gasteiger partial charge in [0.15, 0.2) is 0 Å². The maximum Gasteiger partial charge on any atom is 0.226 e. The average molecular weight is 358 g/mol. The number of benzene rings is 1.